The van der Waals surface area contributed by atoms with Crippen LogP contribution in [0.25, 0.3) is 0 Å². The number of nitrogens with zero attached hydrogens (tertiary/aromatic N) is 2. The van der Waals surface area contributed by atoms with E-state index in [0.29, 0.717) is 15.7 Å². The highest BCUT2D eigenvalue weighted by atomic mass is 35.5. The minimum atomic E-state index is -0.251. The van der Waals surface area contributed by atoms with E-state index in [4.69, 9.17) is 28.0 Å². The van der Waals surface area contributed by atoms with Crippen molar-refractivity contribution in [1.29, 1.82) is 0 Å². The second kappa shape index (κ2) is 3.89. The van der Waals surface area contributed by atoms with Crippen LogP contribution < -0.4 is 5.06 Å². The molecule has 1 aromatic rings. The number of anilines is 1. The molecular weight excluding hydrogens is 239 g/mol. The zero-order valence-corrected chi connectivity index (χ0v) is 9.42. The monoisotopic (exact) mass is 246 g/mol. The lowest BCUT2D eigenvalue weighted by Crippen LogP contribution is -2.28. The Bertz CT molecular complexity index is 411. The lowest BCUT2D eigenvalue weighted by atomic mass is 10.3. The number of hydrogen-bond donors (Lipinski definition) is 0. The zero-order chi connectivity index (χ0) is 11.0. The number of amides is 2. The first-order valence-electron chi connectivity index (χ1n) is 4.23. The van der Waals surface area contributed by atoms with E-state index >= 15 is 0 Å². The molecule has 1 aromatic carbocycles. The van der Waals surface area contributed by atoms with E-state index in [-0.39, 0.29) is 12.8 Å². The fourth-order valence-corrected chi connectivity index (χ4v) is 1.71. The van der Waals surface area contributed by atoms with Gasteiger partial charge in [0.25, 0.3) is 0 Å². The van der Waals surface area contributed by atoms with Gasteiger partial charge in [-0.05, 0) is 18.2 Å². The molecule has 0 bridgehead atoms. The highest BCUT2D eigenvalue weighted by molar-refractivity contribution is 6.36. The molecule has 15 heavy (non-hydrogen) atoms. The SMILES string of the molecule is CN1CON(c2ccc(Cl)cc2Cl)C1=O. The Morgan fingerprint density at radius 2 is 2.13 bits per heavy atom. The van der Waals surface area contributed by atoms with Gasteiger partial charge in [-0.1, -0.05) is 23.2 Å². The highest BCUT2D eigenvalue weighted by Gasteiger charge is 2.29. The first kappa shape index (κ1) is 10.5. The van der Waals surface area contributed by atoms with Crippen LogP contribution in [0.4, 0.5) is 10.5 Å². The Labute approximate surface area is 96.9 Å². The van der Waals surface area contributed by atoms with Gasteiger partial charge in [0.05, 0.1) is 10.7 Å². The largest absolute Gasteiger partial charge is 0.350 e. The van der Waals surface area contributed by atoms with E-state index < -0.39 is 0 Å². The van der Waals surface area contributed by atoms with Crippen LogP contribution in [0.5, 0.6) is 0 Å². The summed E-state index contributed by atoms with van der Waals surface area (Å²) >= 11 is 11.7. The number of carbonyl (C=O) groups excluding carboxylic acids is 1. The summed E-state index contributed by atoms with van der Waals surface area (Å²) in [5.74, 6) is 0. The number of carbonyl (C=O) groups is 1. The average Bonchev–Trinajstić information content (AvgIpc) is 2.49. The van der Waals surface area contributed by atoms with Crippen molar-refractivity contribution in [2.75, 3.05) is 18.8 Å². The Morgan fingerprint density at radius 3 is 2.67 bits per heavy atom. The Balaban J connectivity index is 2.34. The molecule has 0 N–H and O–H groups in total. The van der Waals surface area contributed by atoms with Crippen LogP contribution in [0, 0.1) is 0 Å². The number of hydrogen-bond acceptors (Lipinski definition) is 2. The second-order valence-electron chi connectivity index (χ2n) is 3.13. The summed E-state index contributed by atoms with van der Waals surface area (Å²) in [5, 5.41) is 2.05. The third kappa shape index (κ3) is 1.88. The fourth-order valence-electron chi connectivity index (χ4n) is 1.23. The molecule has 6 heteroatoms. The summed E-state index contributed by atoms with van der Waals surface area (Å²) in [6.45, 7) is 0.220. The quantitative estimate of drug-likeness (QED) is 0.764. The summed E-state index contributed by atoms with van der Waals surface area (Å²) in [6.07, 6.45) is 0. The maximum Gasteiger partial charge on any atom is 0.350 e. The number of halogens is 2. The predicted molar refractivity (Wildman–Crippen MR) is 58.1 cm³/mol. The van der Waals surface area contributed by atoms with Crippen LogP contribution in [0.15, 0.2) is 18.2 Å². The number of hydroxylamine groups is 1. The van der Waals surface area contributed by atoms with E-state index in [1.807, 2.05) is 0 Å². The third-order valence-corrected chi connectivity index (χ3v) is 2.55. The van der Waals surface area contributed by atoms with Gasteiger partial charge in [-0.25, -0.2) is 9.63 Å². The molecule has 1 heterocycles. The minimum Gasteiger partial charge on any atom is -0.300 e. The van der Waals surface area contributed by atoms with Gasteiger partial charge in [-0.15, -0.1) is 0 Å². The van der Waals surface area contributed by atoms with E-state index in [2.05, 4.69) is 0 Å². The van der Waals surface area contributed by atoms with Gasteiger partial charge in [0, 0.05) is 12.1 Å². The molecule has 1 aliphatic heterocycles. The minimum absolute atomic E-state index is 0.220. The molecule has 0 radical (unpaired) electrons. The molecule has 80 valence electrons. The first-order chi connectivity index (χ1) is 7.09. The van der Waals surface area contributed by atoms with E-state index in [1.165, 1.54) is 4.90 Å². The summed E-state index contributed by atoms with van der Waals surface area (Å²) in [5.41, 5.74) is 0.496. The second-order valence-corrected chi connectivity index (χ2v) is 3.97. The molecule has 0 aliphatic carbocycles. The number of benzene rings is 1. The average molecular weight is 247 g/mol. The summed E-state index contributed by atoms with van der Waals surface area (Å²) in [6, 6.07) is 4.60. The van der Waals surface area contributed by atoms with Crippen LogP contribution in [0.3, 0.4) is 0 Å². The molecule has 2 rings (SSSR count). The lowest BCUT2D eigenvalue weighted by Gasteiger charge is -2.14. The van der Waals surface area contributed by atoms with Gasteiger partial charge < -0.3 is 0 Å². The normalized spacial score (nSPS) is 16.3. The van der Waals surface area contributed by atoms with Crippen molar-refractivity contribution in [2.24, 2.45) is 0 Å². The topological polar surface area (TPSA) is 32.8 Å². The molecular formula is C9H8Cl2N2O2. The number of rotatable bonds is 1. The van der Waals surface area contributed by atoms with E-state index in [1.54, 1.807) is 25.2 Å². The van der Waals surface area contributed by atoms with Crippen molar-refractivity contribution < 1.29 is 9.63 Å². The molecule has 2 amide bonds. The standard InChI is InChI=1S/C9H8Cl2N2O2/c1-12-5-15-13(9(12)14)8-3-2-6(10)4-7(8)11/h2-4H,5H2,1H3. The van der Waals surface area contributed by atoms with Crippen LogP contribution in [-0.4, -0.2) is 24.7 Å². The Morgan fingerprint density at radius 1 is 1.40 bits per heavy atom. The van der Waals surface area contributed by atoms with Crippen molar-refractivity contribution in [3.63, 3.8) is 0 Å². The molecule has 0 spiro atoms. The zero-order valence-electron chi connectivity index (χ0n) is 7.91. The van der Waals surface area contributed by atoms with Crippen molar-refractivity contribution in [1.82, 2.24) is 4.90 Å². The van der Waals surface area contributed by atoms with E-state index in [9.17, 15) is 4.79 Å². The van der Waals surface area contributed by atoms with Gasteiger partial charge in [-0.3, -0.25) is 4.90 Å². The van der Waals surface area contributed by atoms with Crippen molar-refractivity contribution in [3.8, 4) is 0 Å². The molecule has 0 aromatic heterocycles. The van der Waals surface area contributed by atoms with Crippen LogP contribution in [-0.2, 0) is 4.84 Å². The third-order valence-electron chi connectivity index (χ3n) is 2.01. The van der Waals surface area contributed by atoms with Crippen molar-refractivity contribution >= 4 is 34.9 Å². The molecule has 1 aliphatic rings. The maximum atomic E-state index is 11.6. The van der Waals surface area contributed by atoms with Crippen LogP contribution in [0.1, 0.15) is 0 Å². The molecule has 0 unspecified atom stereocenters. The molecule has 1 fully saturated rings. The van der Waals surface area contributed by atoms with Crippen molar-refractivity contribution in [2.45, 2.75) is 0 Å². The van der Waals surface area contributed by atoms with Crippen LogP contribution in [0.2, 0.25) is 10.0 Å². The van der Waals surface area contributed by atoms with Gasteiger partial charge in [0.2, 0.25) is 0 Å². The Hall–Kier alpha value is -0.970. The number of urea groups is 1. The molecule has 4 nitrogen and oxygen atoms in total. The maximum absolute atomic E-state index is 11.6. The summed E-state index contributed by atoms with van der Waals surface area (Å²) in [7, 11) is 1.64. The smallest absolute Gasteiger partial charge is 0.300 e. The molecule has 1 saturated heterocycles. The van der Waals surface area contributed by atoms with Gasteiger partial charge in [0.1, 0.15) is 0 Å². The van der Waals surface area contributed by atoms with E-state index in [0.717, 1.165) is 5.06 Å². The van der Waals surface area contributed by atoms with Crippen molar-refractivity contribution in [3.05, 3.63) is 28.2 Å². The summed E-state index contributed by atoms with van der Waals surface area (Å²) in [4.78, 5) is 18.2. The first-order valence-corrected chi connectivity index (χ1v) is 4.98. The predicted octanol–water partition coefficient (Wildman–Crippen LogP) is 2.75. The van der Waals surface area contributed by atoms with Gasteiger partial charge in [-0.2, -0.15) is 5.06 Å². The lowest BCUT2D eigenvalue weighted by molar-refractivity contribution is 0.133. The molecule has 0 atom stereocenters. The summed E-state index contributed by atoms with van der Waals surface area (Å²) < 4.78 is 0. The van der Waals surface area contributed by atoms with Crippen LogP contribution >= 0.6 is 23.2 Å². The van der Waals surface area contributed by atoms with Gasteiger partial charge in [0.15, 0.2) is 6.73 Å². The van der Waals surface area contributed by atoms with Gasteiger partial charge >= 0.3 is 6.03 Å². The Kier molecular flexibility index (Phi) is 2.73. The molecule has 0 saturated carbocycles. The highest BCUT2D eigenvalue weighted by Crippen LogP contribution is 2.31. The fraction of sp³-hybridized carbons (Fsp3) is 0.222.